The quantitative estimate of drug-likeness (QED) is 0.583. The van der Waals surface area contributed by atoms with Gasteiger partial charge < -0.3 is 9.47 Å². The summed E-state index contributed by atoms with van der Waals surface area (Å²) < 4.78 is 11.9. The molecule has 1 fully saturated rings. The van der Waals surface area contributed by atoms with Gasteiger partial charge in [-0.05, 0) is 42.7 Å². The van der Waals surface area contributed by atoms with Crippen LogP contribution in [0.2, 0.25) is 5.02 Å². The fraction of sp³-hybridized carbons (Fsp3) is 0.333. The zero-order chi connectivity index (χ0) is 19.5. The highest BCUT2D eigenvalue weighted by atomic mass is 35.5. The molecule has 2 heterocycles. The maximum absolute atomic E-state index is 13.2. The number of anilines is 1. The number of aromatic nitrogens is 1. The van der Waals surface area contributed by atoms with Crippen LogP contribution >= 0.6 is 22.9 Å². The van der Waals surface area contributed by atoms with Gasteiger partial charge >= 0.3 is 0 Å². The van der Waals surface area contributed by atoms with Gasteiger partial charge in [-0.25, -0.2) is 4.98 Å². The first kappa shape index (κ1) is 19.2. The van der Waals surface area contributed by atoms with Crippen molar-refractivity contribution in [2.45, 2.75) is 25.4 Å². The van der Waals surface area contributed by atoms with Crippen LogP contribution in [-0.4, -0.2) is 37.3 Å². The number of amides is 1. The zero-order valence-electron chi connectivity index (χ0n) is 15.6. The molecule has 1 saturated heterocycles. The number of methoxy groups -OCH3 is 1. The van der Waals surface area contributed by atoms with E-state index in [0.29, 0.717) is 23.1 Å². The number of ether oxygens (including phenoxy) is 2. The average molecular weight is 417 g/mol. The van der Waals surface area contributed by atoms with Crippen molar-refractivity contribution >= 4 is 44.2 Å². The second-order valence-electron chi connectivity index (χ2n) is 6.75. The Morgan fingerprint density at radius 1 is 1.32 bits per heavy atom. The largest absolute Gasteiger partial charge is 0.497 e. The predicted octanol–water partition coefficient (Wildman–Crippen LogP) is 4.71. The minimum absolute atomic E-state index is 0.00385. The van der Waals surface area contributed by atoms with Gasteiger partial charge in [0.2, 0.25) is 5.91 Å². The number of benzene rings is 2. The molecule has 28 heavy (non-hydrogen) atoms. The first-order valence-corrected chi connectivity index (χ1v) is 10.4. The van der Waals surface area contributed by atoms with Gasteiger partial charge in [0.1, 0.15) is 11.3 Å². The fourth-order valence-corrected chi connectivity index (χ4v) is 4.60. The second-order valence-corrected chi connectivity index (χ2v) is 8.16. The van der Waals surface area contributed by atoms with Gasteiger partial charge in [0.15, 0.2) is 5.13 Å². The van der Waals surface area contributed by atoms with Crippen LogP contribution in [0.3, 0.4) is 0 Å². The molecule has 1 atom stereocenters. The summed E-state index contributed by atoms with van der Waals surface area (Å²) in [6.45, 7) is 1.25. The van der Waals surface area contributed by atoms with Crippen molar-refractivity contribution in [3.8, 4) is 5.75 Å². The molecule has 0 N–H and O–H groups in total. The number of carbonyl (C=O) groups is 1. The fourth-order valence-electron chi connectivity index (χ4n) is 3.31. The van der Waals surface area contributed by atoms with Crippen molar-refractivity contribution in [3.63, 3.8) is 0 Å². The molecule has 0 aliphatic carbocycles. The van der Waals surface area contributed by atoms with Crippen LogP contribution in [0.1, 0.15) is 18.4 Å². The molecule has 4 rings (SSSR count). The lowest BCUT2D eigenvalue weighted by Gasteiger charge is -2.23. The molecular weight excluding hydrogens is 396 g/mol. The van der Waals surface area contributed by atoms with Crippen LogP contribution in [0.5, 0.6) is 5.75 Å². The van der Waals surface area contributed by atoms with Gasteiger partial charge in [-0.3, -0.25) is 9.69 Å². The number of fused-ring (bicyclic) bond motifs is 1. The van der Waals surface area contributed by atoms with Crippen LogP contribution in [0.4, 0.5) is 5.13 Å². The standard InChI is InChI=1S/C21H21ClN2O3S/c1-26-15-9-7-14(8-10-15)12-19(25)24(13-16-4-3-11-27-16)21-23-20-17(22)5-2-6-18(20)28-21/h2,5-10,16H,3-4,11-13H2,1H3/t16-/m0/s1. The summed E-state index contributed by atoms with van der Waals surface area (Å²) in [5, 5.41) is 1.26. The Bertz CT molecular complexity index is 967. The molecule has 2 aromatic carbocycles. The lowest BCUT2D eigenvalue weighted by Crippen LogP contribution is -2.38. The maximum Gasteiger partial charge on any atom is 0.233 e. The van der Waals surface area contributed by atoms with Gasteiger partial charge in [-0.2, -0.15) is 0 Å². The lowest BCUT2D eigenvalue weighted by molar-refractivity contribution is -0.118. The molecule has 5 nitrogen and oxygen atoms in total. The average Bonchev–Trinajstić information content (AvgIpc) is 3.37. The van der Waals surface area contributed by atoms with E-state index in [0.717, 1.165) is 41.0 Å². The second kappa shape index (κ2) is 8.47. The molecule has 0 unspecified atom stereocenters. The third-order valence-corrected chi connectivity index (χ3v) is 6.16. The van der Waals surface area contributed by atoms with Gasteiger partial charge in [0, 0.05) is 6.61 Å². The topological polar surface area (TPSA) is 51.7 Å². The van der Waals surface area contributed by atoms with E-state index in [1.165, 1.54) is 11.3 Å². The van der Waals surface area contributed by atoms with Gasteiger partial charge in [0.25, 0.3) is 0 Å². The highest BCUT2D eigenvalue weighted by molar-refractivity contribution is 7.22. The summed E-state index contributed by atoms with van der Waals surface area (Å²) in [4.78, 5) is 19.6. The van der Waals surface area contributed by atoms with E-state index in [9.17, 15) is 4.79 Å². The summed E-state index contributed by atoms with van der Waals surface area (Å²) in [5.74, 6) is 0.768. The number of hydrogen-bond acceptors (Lipinski definition) is 5. The Balaban J connectivity index is 1.61. The number of para-hydroxylation sites is 1. The number of halogens is 1. The first-order valence-electron chi connectivity index (χ1n) is 9.24. The third-order valence-electron chi connectivity index (χ3n) is 4.82. The molecule has 0 spiro atoms. The van der Waals surface area contributed by atoms with Crippen molar-refractivity contribution < 1.29 is 14.3 Å². The van der Waals surface area contributed by atoms with Gasteiger partial charge in [0.05, 0.1) is 35.9 Å². The SMILES string of the molecule is COc1ccc(CC(=O)N(C[C@@H]2CCCO2)c2nc3c(Cl)cccc3s2)cc1. The predicted molar refractivity (Wildman–Crippen MR) is 113 cm³/mol. The normalized spacial score (nSPS) is 16.4. The molecule has 1 aliphatic heterocycles. The minimum Gasteiger partial charge on any atom is -0.497 e. The summed E-state index contributed by atoms with van der Waals surface area (Å²) in [6, 6.07) is 13.2. The Morgan fingerprint density at radius 2 is 2.14 bits per heavy atom. The van der Waals surface area contributed by atoms with Crippen molar-refractivity contribution in [2.75, 3.05) is 25.2 Å². The van der Waals surface area contributed by atoms with E-state index in [4.69, 9.17) is 21.1 Å². The Labute approximate surface area is 172 Å². The summed E-state index contributed by atoms with van der Waals surface area (Å²) in [5.41, 5.74) is 1.67. The number of rotatable bonds is 6. The number of thiazole rings is 1. The number of nitrogens with zero attached hydrogens (tertiary/aromatic N) is 2. The van der Waals surface area contributed by atoms with Crippen LogP contribution in [0.25, 0.3) is 10.2 Å². The van der Waals surface area contributed by atoms with E-state index in [1.54, 1.807) is 12.0 Å². The highest BCUT2D eigenvalue weighted by Crippen LogP contribution is 2.33. The van der Waals surface area contributed by atoms with Crippen LogP contribution in [0.15, 0.2) is 42.5 Å². The molecule has 3 aromatic rings. The van der Waals surface area contributed by atoms with Crippen molar-refractivity contribution in [1.29, 1.82) is 0 Å². The lowest BCUT2D eigenvalue weighted by atomic mass is 10.1. The smallest absolute Gasteiger partial charge is 0.233 e. The van der Waals surface area contributed by atoms with Crippen molar-refractivity contribution in [3.05, 3.63) is 53.1 Å². The van der Waals surface area contributed by atoms with Crippen molar-refractivity contribution in [2.24, 2.45) is 0 Å². The Morgan fingerprint density at radius 3 is 2.82 bits per heavy atom. The molecule has 1 aromatic heterocycles. The monoisotopic (exact) mass is 416 g/mol. The summed E-state index contributed by atoms with van der Waals surface area (Å²) in [6.07, 6.45) is 2.32. The Hall–Kier alpha value is -2.15. The molecule has 1 aliphatic rings. The molecular formula is C21H21ClN2O3S. The third kappa shape index (κ3) is 4.14. The van der Waals surface area contributed by atoms with Crippen molar-refractivity contribution in [1.82, 2.24) is 4.98 Å². The first-order chi connectivity index (χ1) is 13.6. The minimum atomic E-state index is -0.00385. The summed E-state index contributed by atoms with van der Waals surface area (Å²) >= 11 is 7.77. The molecule has 0 radical (unpaired) electrons. The van der Waals surface area contributed by atoms with Crippen LogP contribution in [0, 0.1) is 0 Å². The van der Waals surface area contributed by atoms with Gasteiger partial charge in [-0.1, -0.05) is 41.1 Å². The molecule has 0 saturated carbocycles. The zero-order valence-corrected chi connectivity index (χ0v) is 17.1. The van der Waals surface area contributed by atoms with Crippen LogP contribution < -0.4 is 9.64 Å². The number of carbonyl (C=O) groups excluding carboxylic acids is 1. The van der Waals surface area contributed by atoms with E-state index in [2.05, 4.69) is 4.98 Å². The van der Waals surface area contributed by atoms with E-state index in [-0.39, 0.29) is 12.0 Å². The maximum atomic E-state index is 13.2. The Kier molecular flexibility index (Phi) is 5.80. The highest BCUT2D eigenvalue weighted by Gasteiger charge is 2.26. The molecule has 1 amide bonds. The van der Waals surface area contributed by atoms with Gasteiger partial charge in [-0.15, -0.1) is 0 Å². The summed E-state index contributed by atoms with van der Waals surface area (Å²) in [7, 11) is 1.63. The van der Waals surface area contributed by atoms with E-state index < -0.39 is 0 Å². The van der Waals surface area contributed by atoms with E-state index >= 15 is 0 Å². The van der Waals surface area contributed by atoms with Crippen LogP contribution in [-0.2, 0) is 16.0 Å². The molecule has 7 heteroatoms. The molecule has 0 bridgehead atoms. The van der Waals surface area contributed by atoms with E-state index in [1.807, 2.05) is 42.5 Å². The number of hydrogen-bond donors (Lipinski definition) is 0. The molecule has 146 valence electrons.